The molecule has 0 aromatic heterocycles. The van der Waals surface area contributed by atoms with Gasteiger partial charge in [0.05, 0.1) is 0 Å². The Bertz CT molecular complexity index is 285. The lowest BCUT2D eigenvalue weighted by Crippen LogP contribution is -2.40. The van der Waals surface area contributed by atoms with Crippen LogP contribution in [0.2, 0.25) is 0 Å². The van der Waals surface area contributed by atoms with Crippen LogP contribution < -0.4 is 5.32 Å². The normalized spacial score (nSPS) is 34.7. The summed E-state index contributed by atoms with van der Waals surface area (Å²) in [6.07, 6.45) is 8.61. The number of hydrogen-bond acceptors (Lipinski definition) is 2. The summed E-state index contributed by atoms with van der Waals surface area (Å²) in [7, 11) is 0. The fraction of sp³-hybridized carbons (Fsp3) is 1.00. The van der Waals surface area contributed by atoms with Gasteiger partial charge in [0.1, 0.15) is 0 Å². The van der Waals surface area contributed by atoms with Gasteiger partial charge < -0.3 is 10.2 Å². The summed E-state index contributed by atoms with van der Waals surface area (Å²) < 4.78 is 0. The summed E-state index contributed by atoms with van der Waals surface area (Å²) in [4.78, 5) is 2.76. The molecule has 3 rings (SSSR count). The Kier molecular flexibility index (Phi) is 3.44. The number of hydrogen-bond donors (Lipinski definition) is 1. The molecule has 0 radical (unpaired) electrons. The number of rotatable bonds is 3. The van der Waals surface area contributed by atoms with Gasteiger partial charge in [0.25, 0.3) is 0 Å². The maximum Gasteiger partial charge on any atom is 0.00152 e. The monoisotopic (exact) mass is 250 g/mol. The van der Waals surface area contributed by atoms with E-state index in [-0.39, 0.29) is 0 Å². The highest BCUT2D eigenvalue weighted by Gasteiger charge is 2.53. The molecule has 0 bridgehead atoms. The van der Waals surface area contributed by atoms with Crippen LogP contribution in [-0.4, -0.2) is 37.6 Å². The zero-order chi connectivity index (χ0) is 12.6. The van der Waals surface area contributed by atoms with Crippen molar-refractivity contribution in [2.75, 3.05) is 32.7 Å². The SMILES string of the molecule is CCC1(C)CCN(CC2CC23CCNCC3)CC1. The Hall–Kier alpha value is -0.0800. The molecule has 104 valence electrons. The number of nitrogens with zero attached hydrogens (tertiary/aromatic N) is 1. The van der Waals surface area contributed by atoms with Crippen molar-refractivity contribution in [2.24, 2.45) is 16.7 Å². The van der Waals surface area contributed by atoms with Crippen LogP contribution in [0.5, 0.6) is 0 Å². The van der Waals surface area contributed by atoms with Crippen LogP contribution in [0.4, 0.5) is 0 Å². The van der Waals surface area contributed by atoms with Crippen molar-refractivity contribution >= 4 is 0 Å². The average molecular weight is 250 g/mol. The van der Waals surface area contributed by atoms with Gasteiger partial charge in [-0.25, -0.2) is 0 Å². The minimum absolute atomic E-state index is 0.645. The largest absolute Gasteiger partial charge is 0.317 e. The first-order valence-electron chi connectivity index (χ1n) is 8.09. The van der Waals surface area contributed by atoms with Gasteiger partial charge in [0.2, 0.25) is 0 Å². The maximum absolute atomic E-state index is 3.51. The van der Waals surface area contributed by atoms with Crippen molar-refractivity contribution in [3.8, 4) is 0 Å². The van der Waals surface area contributed by atoms with Crippen molar-refractivity contribution in [2.45, 2.75) is 52.4 Å². The molecule has 1 atom stereocenters. The lowest BCUT2D eigenvalue weighted by atomic mass is 9.78. The van der Waals surface area contributed by atoms with Crippen molar-refractivity contribution < 1.29 is 0 Å². The molecule has 3 aliphatic rings. The zero-order valence-electron chi connectivity index (χ0n) is 12.3. The molecule has 3 fully saturated rings. The van der Waals surface area contributed by atoms with E-state index >= 15 is 0 Å². The second-order valence-electron chi connectivity index (χ2n) is 7.48. The molecule has 2 aliphatic heterocycles. The van der Waals surface area contributed by atoms with E-state index in [9.17, 15) is 0 Å². The highest BCUT2D eigenvalue weighted by atomic mass is 15.1. The minimum atomic E-state index is 0.645. The van der Waals surface area contributed by atoms with Crippen LogP contribution in [0.15, 0.2) is 0 Å². The maximum atomic E-state index is 3.51. The standard InChI is InChI=1S/C16H30N2/c1-3-15(2)6-10-18(11-7-15)13-14-12-16(14)4-8-17-9-5-16/h14,17H,3-13H2,1-2H3. The van der Waals surface area contributed by atoms with Crippen molar-refractivity contribution in [1.82, 2.24) is 10.2 Å². The first-order valence-corrected chi connectivity index (χ1v) is 8.09. The van der Waals surface area contributed by atoms with Crippen molar-refractivity contribution in [3.05, 3.63) is 0 Å². The zero-order valence-corrected chi connectivity index (χ0v) is 12.3. The highest BCUT2D eigenvalue weighted by molar-refractivity contribution is 5.05. The molecule has 2 nitrogen and oxygen atoms in total. The number of nitrogens with one attached hydrogen (secondary N) is 1. The number of likely N-dealkylation sites (tertiary alicyclic amines) is 1. The summed E-state index contributed by atoms with van der Waals surface area (Å²) in [6, 6.07) is 0. The first-order chi connectivity index (χ1) is 8.66. The molecule has 2 saturated heterocycles. The third-order valence-electron chi connectivity index (χ3n) is 6.35. The summed E-state index contributed by atoms with van der Waals surface area (Å²) in [5.74, 6) is 1.03. The predicted molar refractivity (Wildman–Crippen MR) is 76.7 cm³/mol. The van der Waals surface area contributed by atoms with Crippen LogP contribution in [0.3, 0.4) is 0 Å². The van der Waals surface area contributed by atoms with Crippen LogP contribution >= 0.6 is 0 Å². The Morgan fingerprint density at radius 1 is 1.11 bits per heavy atom. The van der Waals surface area contributed by atoms with Crippen LogP contribution in [-0.2, 0) is 0 Å². The van der Waals surface area contributed by atoms with Gasteiger partial charge >= 0.3 is 0 Å². The molecule has 18 heavy (non-hydrogen) atoms. The van der Waals surface area contributed by atoms with E-state index < -0.39 is 0 Å². The van der Waals surface area contributed by atoms with E-state index in [1.807, 2.05) is 0 Å². The van der Waals surface area contributed by atoms with Crippen LogP contribution in [0.25, 0.3) is 0 Å². The Labute approximate surface area is 113 Å². The van der Waals surface area contributed by atoms with Crippen molar-refractivity contribution in [3.63, 3.8) is 0 Å². The van der Waals surface area contributed by atoms with E-state index in [2.05, 4.69) is 24.1 Å². The fourth-order valence-electron chi connectivity index (χ4n) is 4.17. The predicted octanol–water partition coefficient (Wildman–Crippen LogP) is 2.89. The van der Waals surface area contributed by atoms with E-state index in [1.165, 1.54) is 71.2 Å². The second kappa shape index (κ2) is 4.79. The Balaban J connectivity index is 1.45. The average Bonchev–Trinajstić information content (AvgIpc) is 3.05. The lowest BCUT2D eigenvalue weighted by Gasteiger charge is -2.39. The van der Waals surface area contributed by atoms with Crippen molar-refractivity contribution in [1.29, 1.82) is 0 Å². The fourth-order valence-corrected chi connectivity index (χ4v) is 4.17. The molecule has 1 aliphatic carbocycles. The van der Waals surface area contributed by atoms with E-state index in [4.69, 9.17) is 0 Å². The molecule has 1 N–H and O–H groups in total. The summed E-state index contributed by atoms with van der Waals surface area (Å²) in [5, 5.41) is 3.51. The Morgan fingerprint density at radius 2 is 1.78 bits per heavy atom. The van der Waals surface area contributed by atoms with Gasteiger partial charge in [-0.1, -0.05) is 20.3 Å². The molecule has 1 spiro atoms. The second-order valence-corrected chi connectivity index (χ2v) is 7.48. The highest BCUT2D eigenvalue weighted by Crippen LogP contribution is 2.58. The van der Waals surface area contributed by atoms with Crippen LogP contribution in [0, 0.1) is 16.7 Å². The minimum Gasteiger partial charge on any atom is -0.317 e. The van der Waals surface area contributed by atoms with Crippen LogP contribution in [0.1, 0.15) is 52.4 Å². The molecule has 1 saturated carbocycles. The van der Waals surface area contributed by atoms with Gasteiger partial charge in [-0.15, -0.1) is 0 Å². The molecule has 1 unspecified atom stereocenters. The van der Waals surface area contributed by atoms with E-state index in [0.717, 1.165) is 11.3 Å². The first kappa shape index (κ1) is 12.9. The number of piperidine rings is 2. The van der Waals surface area contributed by atoms with Gasteiger partial charge in [0, 0.05) is 6.54 Å². The van der Waals surface area contributed by atoms with Gasteiger partial charge in [-0.2, -0.15) is 0 Å². The van der Waals surface area contributed by atoms with Gasteiger partial charge in [-0.3, -0.25) is 0 Å². The van der Waals surface area contributed by atoms with Gasteiger partial charge in [0.15, 0.2) is 0 Å². The molecule has 0 aromatic rings. The smallest absolute Gasteiger partial charge is 0.00152 e. The topological polar surface area (TPSA) is 15.3 Å². The summed E-state index contributed by atoms with van der Waals surface area (Å²) >= 11 is 0. The molecule has 0 amide bonds. The quantitative estimate of drug-likeness (QED) is 0.828. The third kappa shape index (κ3) is 2.46. The molecule has 0 aromatic carbocycles. The Morgan fingerprint density at radius 3 is 2.39 bits per heavy atom. The lowest BCUT2D eigenvalue weighted by molar-refractivity contribution is 0.105. The van der Waals surface area contributed by atoms with Gasteiger partial charge in [-0.05, 0) is 75.0 Å². The molecular formula is C16H30N2. The third-order valence-corrected chi connectivity index (χ3v) is 6.35. The summed E-state index contributed by atoms with van der Waals surface area (Å²) in [5.41, 5.74) is 1.42. The molecular weight excluding hydrogens is 220 g/mol. The van der Waals surface area contributed by atoms with E-state index in [0.29, 0.717) is 5.41 Å². The molecule has 2 heterocycles. The molecule has 2 heteroatoms. The summed E-state index contributed by atoms with van der Waals surface area (Å²) in [6.45, 7) is 11.5. The van der Waals surface area contributed by atoms with E-state index in [1.54, 1.807) is 0 Å².